The Labute approximate surface area is 130 Å². The van der Waals surface area contributed by atoms with Gasteiger partial charge < -0.3 is 0 Å². The molecule has 0 amide bonds. The molecule has 0 aliphatic carbocycles. The summed E-state index contributed by atoms with van der Waals surface area (Å²) < 4.78 is 0. The molecule has 0 spiro atoms. The van der Waals surface area contributed by atoms with Crippen LogP contribution in [0.4, 0.5) is 0 Å². The minimum absolute atomic E-state index is 0.134. The van der Waals surface area contributed by atoms with Gasteiger partial charge in [-0.3, -0.25) is 4.84 Å². The number of rotatable bonds is 11. The van der Waals surface area contributed by atoms with E-state index in [1.54, 1.807) is 0 Å². The summed E-state index contributed by atoms with van der Waals surface area (Å²) in [6.07, 6.45) is 7.49. The number of benzene rings is 1. The van der Waals surface area contributed by atoms with Crippen LogP contribution in [0, 0.1) is 5.92 Å². The van der Waals surface area contributed by atoms with E-state index in [0.29, 0.717) is 12.0 Å². The topological polar surface area (TPSA) is 21.3 Å². The minimum atomic E-state index is 0.134. The van der Waals surface area contributed by atoms with E-state index in [-0.39, 0.29) is 6.10 Å². The van der Waals surface area contributed by atoms with Gasteiger partial charge in [0.15, 0.2) is 0 Å². The molecule has 0 saturated carbocycles. The Balaban J connectivity index is 2.58. The molecule has 0 aliphatic heterocycles. The number of nitrogens with one attached hydrogen (secondary N) is 1. The maximum absolute atomic E-state index is 6.04. The summed E-state index contributed by atoms with van der Waals surface area (Å²) >= 11 is 0. The van der Waals surface area contributed by atoms with Crippen molar-refractivity contribution in [1.82, 2.24) is 5.48 Å². The lowest BCUT2D eigenvalue weighted by molar-refractivity contribution is -0.0542. The van der Waals surface area contributed by atoms with Crippen LogP contribution in [0.15, 0.2) is 43.0 Å². The molecule has 1 aromatic rings. The summed E-state index contributed by atoms with van der Waals surface area (Å²) in [7, 11) is 0. The van der Waals surface area contributed by atoms with Crippen molar-refractivity contribution >= 4 is 0 Å². The summed E-state index contributed by atoms with van der Waals surface area (Å²) in [5, 5.41) is 0. The smallest absolute Gasteiger partial charge is 0.104 e. The van der Waals surface area contributed by atoms with Crippen LogP contribution >= 0.6 is 0 Å². The van der Waals surface area contributed by atoms with E-state index in [1.807, 2.05) is 12.1 Å². The fraction of sp³-hybridized carbons (Fsp3) is 0.579. The number of allylic oxidation sites excluding steroid dienone is 1. The van der Waals surface area contributed by atoms with Gasteiger partial charge in [0.25, 0.3) is 0 Å². The van der Waals surface area contributed by atoms with Gasteiger partial charge in [0.1, 0.15) is 6.10 Å². The summed E-state index contributed by atoms with van der Waals surface area (Å²) in [5.74, 6) is 0.664. The highest BCUT2D eigenvalue weighted by atomic mass is 16.7. The van der Waals surface area contributed by atoms with E-state index in [9.17, 15) is 0 Å². The first-order chi connectivity index (χ1) is 10.2. The van der Waals surface area contributed by atoms with Crippen LogP contribution in [-0.4, -0.2) is 6.04 Å². The van der Waals surface area contributed by atoms with E-state index in [4.69, 9.17) is 4.84 Å². The first-order valence-corrected chi connectivity index (χ1v) is 8.24. The third-order valence-corrected chi connectivity index (χ3v) is 3.57. The average Bonchev–Trinajstić information content (AvgIpc) is 2.49. The molecule has 1 aromatic carbocycles. The maximum Gasteiger partial charge on any atom is 0.104 e. The second-order valence-electron chi connectivity index (χ2n) is 6.12. The van der Waals surface area contributed by atoms with Crippen molar-refractivity contribution < 1.29 is 4.84 Å². The van der Waals surface area contributed by atoms with Crippen LogP contribution < -0.4 is 5.48 Å². The summed E-state index contributed by atoms with van der Waals surface area (Å²) in [6.45, 7) is 10.5. The molecule has 0 heterocycles. The van der Waals surface area contributed by atoms with Crippen molar-refractivity contribution in [3.8, 4) is 0 Å². The Morgan fingerprint density at radius 2 is 1.90 bits per heavy atom. The molecule has 0 aromatic heterocycles. The van der Waals surface area contributed by atoms with Crippen LogP contribution in [-0.2, 0) is 4.84 Å². The largest absolute Gasteiger partial charge is 0.293 e. The van der Waals surface area contributed by atoms with Gasteiger partial charge in [-0.25, -0.2) is 0 Å². The molecule has 1 N–H and O–H groups in total. The Bertz CT molecular complexity index is 374. The van der Waals surface area contributed by atoms with Gasteiger partial charge in [-0.1, -0.05) is 63.6 Å². The van der Waals surface area contributed by atoms with Gasteiger partial charge >= 0.3 is 0 Å². The van der Waals surface area contributed by atoms with Gasteiger partial charge in [-0.15, -0.1) is 6.58 Å². The molecule has 2 atom stereocenters. The predicted molar refractivity (Wildman–Crippen MR) is 91.0 cm³/mol. The second kappa shape index (κ2) is 10.6. The van der Waals surface area contributed by atoms with Gasteiger partial charge in [0.05, 0.1) is 0 Å². The fourth-order valence-corrected chi connectivity index (χ4v) is 2.51. The normalized spacial score (nSPS) is 14.1. The summed E-state index contributed by atoms with van der Waals surface area (Å²) in [5.41, 5.74) is 4.57. The third kappa shape index (κ3) is 7.45. The SMILES string of the molecule is C=CCCC(CC(C)C)NOC(CCC)c1ccccc1. The first-order valence-electron chi connectivity index (χ1n) is 8.24. The highest BCUT2D eigenvalue weighted by Crippen LogP contribution is 2.22. The van der Waals surface area contributed by atoms with Crippen LogP contribution in [0.3, 0.4) is 0 Å². The zero-order valence-electron chi connectivity index (χ0n) is 13.8. The zero-order valence-corrected chi connectivity index (χ0v) is 13.8. The number of hydroxylamine groups is 1. The maximum atomic E-state index is 6.04. The molecule has 21 heavy (non-hydrogen) atoms. The lowest BCUT2D eigenvalue weighted by Gasteiger charge is -2.24. The number of hydrogen-bond acceptors (Lipinski definition) is 2. The van der Waals surface area contributed by atoms with Crippen molar-refractivity contribution in [2.45, 2.75) is 65.0 Å². The third-order valence-electron chi connectivity index (χ3n) is 3.57. The van der Waals surface area contributed by atoms with Gasteiger partial charge in [0, 0.05) is 6.04 Å². The molecule has 2 nitrogen and oxygen atoms in total. The van der Waals surface area contributed by atoms with Gasteiger partial charge in [-0.05, 0) is 37.2 Å². The molecular formula is C19H31NO. The average molecular weight is 289 g/mol. The van der Waals surface area contributed by atoms with E-state index in [2.05, 4.69) is 57.1 Å². The van der Waals surface area contributed by atoms with Crippen LogP contribution in [0.2, 0.25) is 0 Å². The van der Waals surface area contributed by atoms with Crippen molar-refractivity contribution in [2.75, 3.05) is 0 Å². The van der Waals surface area contributed by atoms with E-state index in [0.717, 1.165) is 32.1 Å². The van der Waals surface area contributed by atoms with Crippen molar-refractivity contribution in [1.29, 1.82) is 0 Å². The lowest BCUT2D eigenvalue weighted by atomic mass is 10.0. The molecule has 0 fully saturated rings. The van der Waals surface area contributed by atoms with E-state index in [1.165, 1.54) is 5.56 Å². The standard InChI is InChI=1S/C19H31NO/c1-5-7-14-18(15-16(3)4)20-21-19(11-6-2)17-12-9-8-10-13-17/h5,8-10,12-13,16,18-20H,1,6-7,11,14-15H2,2-4H3. The number of hydrogen-bond donors (Lipinski definition) is 1. The molecule has 0 saturated heterocycles. The van der Waals surface area contributed by atoms with E-state index >= 15 is 0 Å². The molecule has 1 rings (SSSR count). The van der Waals surface area contributed by atoms with E-state index < -0.39 is 0 Å². The molecule has 2 unspecified atom stereocenters. The molecule has 0 radical (unpaired) electrons. The highest BCUT2D eigenvalue weighted by Gasteiger charge is 2.15. The van der Waals surface area contributed by atoms with Crippen LogP contribution in [0.5, 0.6) is 0 Å². The Morgan fingerprint density at radius 3 is 2.48 bits per heavy atom. The quantitative estimate of drug-likeness (QED) is 0.433. The lowest BCUT2D eigenvalue weighted by Crippen LogP contribution is -2.32. The second-order valence-corrected chi connectivity index (χ2v) is 6.12. The molecule has 2 heteroatoms. The Morgan fingerprint density at radius 1 is 1.19 bits per heavy atom. The van der Waals surface area contributed by atoms with Crippen molar-refractivity contribution in [2.24, 2.45) is 5.92 Å². The van der Waals surface area contributed by atoms with Gasteiger partial charge in [-0.2, -0.15) is 5.48 Å². The predicted octanol–water partition coefficient (Wildman–Crippen LogP) is 5.43. The van der Waals surface area contributed by atoms with Gasteiger partial charge in [0.2, 0.25) is 0 Å². The Hall–Kier alpha value is -1.12. The molecule has 0 aliphatic rings. The Kier molecular flexibility index (Phi) is 9.04. The molecule has 118 valence electrons. The minimum Gasteiger partial charge on any atom is -0.293 e. The molecule has 0 bridgehead atoms. The van der Waals surface area contributed by atoms with Crippen LogP contribution in [0.25, 0.3) is 0 Å². The van der Waals surface area contributed by atoms with Crippen molar-refractivity contribution in [3.05, 3.63) is 48.6 Å². The highest BCUT2D eigenvalue weighted by molar-refractivity contribution is 5.17. The van der Waals surface area contributed by atoms with Crippen LogP contribution in [0.1, 0.15) is 64.5 Å². The van der Waals surface area contributed by atoms with Crippen molar-refractivity contribution in [3.63, 3.8) is 0 Å². The zero-order chi connectivity index (χ0) is 15.5. The molecular weight excluding hydrogens is 258 g/mol. The fourth-order valence-electron chi connectivity index (χ4n) is 2.51. The first kappa shape index (κ1) is 17.9. The monoisotopic (exact) mass is 289 g/mol. The summed E-state index contributed by atoms with van der Waals surface area (Å²) in [4.78, 5) is 6.04. The summed E-state index contributed by atoms with van der Waals surface area (Å²) in [6, 6.07) is 10.9.